The Morgan fingerprint density at radius 3 is 3.06 bits per heavy atom. The molecule has 1 aliphatic heterocycles. The summed E-state index contributed by atoms with van der Waals surface area (Å²) in [5, 5.41) is 4.43. The van der Waals surface area contributed by atoms with Crippen LogP contribution < -0.4 is 5.32 Å². The molecule has 0 spiro atoms. The first-order valence-corrected chi connectivity index (χ1v) is 7.93. The molecule has 2 rings (SSSR count). The maximum Gasteiger partial charge on any atom is 0.182 e. The fourth-order valence-electron chi connectivity index (χ4n) is 2.49. The molecule has 1 aliphatic rings. The van der Waals surface area contributed by atoms with Crippen molar-refractivity contribution in [3.8, 4) is 0 Å². The Labute approximate surface area is 115 Å². The Bertz CT molecular complexity index is 364. The lowest BCUT2D eigenvalue weighted by Crippen LogP contribution is -2.40. The van der Waals surface area contributed by atoms with E-state index in [1.807, 2.05) is 6.20 Å². The highest BCUT2D eigenvalue weighted by Gasteiger charge is 2.23. The largest absolute Gasteiger partial charge is 0.362 e. The van der Waals surface area contributed by atoms with Crippen molar-refractivity contribution in [3.63, 3.8) is 0 Å². The van der Waals surface area contributed by atoms with Crippen molar-refractivity contribution >= 4 is 16.5 Å². The van der Waals surface area contributed by atoms with Crippen molar-refractivity contribution in [1.29, 1.82) is 0 Å². The SMILES string of the molecule is CCCNc1ncc(CN2CC(C)CCC2C)s1. The molecule has 1 fully saturated rings. The number of likely N-dealkylation sites (tertiary alicyclic amines) is 1. The van der Waals surface area contributed by atoms with Gasteiger partial charge in [0.1, 0.15) is 0 Å². The summed E-state index contributed by atoms with van der Waals surface area (Å²) in [6.07, 6.45) is 5.90. The molecular weight excluding hydrogens is 242 g/mol. The van der Waals surface area contributed by atoms with Crippen LogP contribution in [0.15, 0.2) is 6.20 Å². The van der Waals surface area contributed by atoms with Crippen LogP contribution in [0.1, 0.15) is 44.9 Å². The molecule has 1 N–H and O–H groups in total. The van der Waals surface area contributed by atoms with Crippen molar-refractivity contribution in [3.05, 3.63) is 11.1 Å². The number of hydrogen-bond donors (Lipinski definition) is 1. The normalized spacial score (nSPS) is 25.3. The summed E-state index contributed by atoms with van der Waals surface area (Å²) in [4.78, 5) is 8.43. The third-order valence-corrected chi connectivity index (χ3v) is 4.63. The topological polar surface area (TPSA) is 28.2 Å². The molecular formula is C14H25N3S. The van der Waals surface area contributed by atoms with Crippen LogP contribution in [0.25, 0.3) is 0 Å². The average Bonchev–Trinajstić information content (AvgIpc) is 2.79. The van der Waals surface area contributed by atoms with Crippen LogP contribution in [-0.4, -0.2) is 29.0 Å². The van der Waals surface area contributed by atoms with Crippen molar-refractivity contribution < 1.29 is 0 Å². The van der Waals surface area contributed by atoms with E-state index in [-0.39, 0.29) is 0 Å². The number of thiazole rings is 1. The summed E-state index contributed by atoms with van der Waals surface area (Å²) < 4.78 is 0. The molecule has 2 unspecified atom stereocenters. The van der Waals surface area contributed by atoms with Crippen LogP contribution in [0.5, 0.6) is 0 Å². The molecule has 0 saturated carbocycles. The predicted molar refractivity (Wildman–Crippen MR) is 79.2 cm³/mol. The van der Waals surface area contributed by atoms with Crippen molar-refractivity contribution in [2.75, 3.05) is 18.4 Å². The monoisotopic (exact) mass is 267 g/mol. The minimum atomic E-state index is 0.718. The molecule has 0 bridgehead atoms. The van der Waals surface area contributed by atoms with Gasteiger partial charge in [-0.25, -0.2) is 4.98 Å². The highest BCUT2D eigenvalue weighted by Crippen LogP contribution is 2.26. The summed E-state index contributed by atoms with van der Waals surface area (Å²) >= 11 is 1.81. The van der Waals surface area contributed by atoms with E-state index in [0.717, 1.165) is 36.6 Å². The maximum absolute atomic E-state index is 4.44. The second-order valence-corrected chi connectivity index (χ2v) is 6.63. The number of rotatable bonds is 5. The van der Waals surface area contributed by atoms with Crippen LogP contribution in [0, 0.1) is 5.92 Å². The van der Waals surface area contributed by atoms with E-state index >= 15 is 0 Å². The third kappa shape index (κ3) is 3.69. The zero-order chi connectivity index (χ0) is 13.0. The zero-order valence-electron chi connectivity index (χ0n) is 11.8. The molecule has 2 atom stereocenters. The third-order valence-electron chi connectivity index (χ3n) is 3.69. The van der Waals surface area contributed by atoms with E-state index in [4.69, 9.17) is 0 Å². The first kappa shape index (κ1) is 13.8. The van der Waals surface area contributed by atoms with Gasteiger partial charge < -0.3 is 5.32 Å². The lowest BCUT2D eigenvalue weighted by Gasteiger charge is -2.36. The van der Waals surface area contributed by atoms with Crippen molar-refractivity contribution in [2.24, 2.45) is 5.92 Å². The van der Waals surface area contributed by atoms with Gasteiger partial charge in [0.2, 0.25) is 0 Å². The highest BCUT2D eigenvalue weighted by molar-refractivity contribution is 7.15. The summed E-state index contributed by atoms with van der Waals surface area (Å²) in [5.74, 6) is 0.840. The summed E-state index contributed by atoms with van der Waals surface area (Å²) in [6, 6.07) is 0.718. The Morgan fingerprint density at radius 2 is 2.28 bits per heavy atom. The molecule has 4 heteroatoms. The Hall–Kier alpha value is -0.610. The zero-order valence-corrected chi connectivity index (χ0v) is 12.6. The van der Waals surface area contributed by atoms with E-state index in [1.165, 1.54) is 24.3 Å². The number of anilines is 1. The lowest BCUT2D eigenvalue weighted by molar-refractivity contribution is 0.118. The van der Waals surface area contributed by atoms with Crippen LogP contribution in [0.3, 0.4) is 0 Å². The first-order chi connectivity index (χ1) is 8.69. The highest BCUT2D eigenvalue weighted by atomic mass is 32.1. The molecule has 18 heavy (non-hydrogen) atoms. The van der Waals surface area contributed by atoms with Crippen LogP contribution in [0.4, 0.5) is 5.13 Å². The van der Waals surface area contributed by atoms with Crippen LogP contribution in [-0.2, 0) is 6.54 Å². The second-order valence-electron chi connectivity index (χ2n) is 5.52. The van der Waals surface area contributed by atoms with Gasteiger partial charge >= 0.3 is 0 Å². The molecule has 0 aromatic carbocycles. The number of nitrogens with one attached hydrogen (secondary N) is 1. The quantitative estimate of drug-likeness (QED) is 0.883. The second kappa shape index (κ2) is 6.53. The number of aromatic nitrogens is 1. The van der Waals surface area contributed by atoms with Gasteiger partial charge in [0.15, 0.2) is 5.13 Å². The summed E-state index contributed by atoms with van der Waals surface area (Å²) in [6.45, 7) is 10.2. The minimum absolute atomic E-state index is 0.718. The molecule has 1 aromatic rings. The van der Waals surface area contributed by atoms with E-state index < -0.39 is 0 Å². The molecule has 1 aromatic heterocycles. The van der Waals surface area contributed by atoms with Gasteiger partial charge in [0, 0.05) is 36.8 Å². The fraction of sp³-hybridized carbons (Fsp3) is 0.786. The Morgan fingerprint density at radius 1 is 1.44 bits per heavy atom. The minimum Gasteiger partial charge on any atom is -0.362 e. The van der Waals surface area contributed by atoms with Crippen LogP contribution in [0.2, 0.25) is 0 Å². The summed E-state index contributed by atoms with van der Waals surface area (Å²) in [7, 11) is 0. The van der Waals surface area contributed by atoms with E-state index in [0.29, 0.717) is 0 Å². The van der Waals surface area contributed by atoms with E-state index in [2.05, 4.69) is 36.0 Å². The number of hydrogen-bond acceptors (Lipinski definition) is 4. The Kier molecular flexibility index (Phi) is 5.01. The molecule has 1 saturated heterocycles. The molecule has 0 aliphatic carbocycles. The fourth-order valence-corrected chi connectivity index (χ4v) is 3.36. The molecule has 0 radical (unpaired) electrons. The number of nitrogens with zero attached hydrogens (tertiary/aromatic N) is 2. The summed E-state index contributed by atoms with van der Waals surface area (Å²) in [5.41, 5.74) is 0. The smallest absolute Gasteiger partial charge is 0.182 e. The molecule has 3 nitrogen and oxygen atoms in total. The molecule has 0 amide bonds. The standard InChI is InChI=1S/C14H25N3S/c1-4-7-15-14-16-8-13(18-14)10-17-9-11(2)5-6-12(17)3/h8,11-12H,4-7,9-10H2,1-3H3,(H,15,16). The van der Waals surface area contributed by atoms with E-state index in [9.17, 15) is 0 Å². The van der Waals surface area contributed by atoms with Gasteiger partial charge in [-0.1, -0.05) is 13.8 Å². The molecule has 102 valence electrons. The van der Waals surface area contributed by atoms with Gasteiger partial charge in [-0.15, -0.1) is 11.3 Å². The van der Waals surface area contributed by atoms with Crippen molar-refractivity contribution in [1.82, 2.24) is 9.88 Å². The Balaban J connectivity index is 1.89. The van der Waals surface area contributed by atoms with Gasteiger partial charge in [0.25, 0.3) is 0 Å². The van der Waals surface area contributed by atoms with Gasteiger partial charge in [-0.3, -0.25) is 4.90 Å². The maximum atomic E-state index is 4.44. The number of piperidine rings is 1. The molecule has 2 heterocycles. The average molecular weight is 267 g/mol. The van der Waals surface area contributed by atoms with Gasteiger partial charge in [0.05, 0.1) is 0 Å². The first-order valence-electron chi connectivity index (χ1n) is 7.11. The van der Waals surface area contributed by atoms with Gasteiger partial charge in [-0.2, -0.15) is 0 Å². The van der Waals surface area contributed by atoms with E-state index in [1.54, 1.807) is 11.3 Å². The predicted octanol–water partition coefficient (Wildman–Crippen LogP) is 3.59. The van der Waals surface area contributed by atoms with Crippen LogP contribution >= 0.6 is 11.3 Å². The van der Waals surface area contributed by atoms with Crippen molar-refractivity contribution in [2.45, 2.75) is 52.6 Å². The van der Waals surface area contributed by atoms with Gasteiger partial charge in [-0.05, 0) is 32.1 Å². The lowest BCUT2D eigenvalue weighted by atomic mass is 9.95.